The van der Waals surface area contributed by atoms with Gasteiger partial charge in [-0.1, -0.05) is 41.7 Å². The molecule has 1 unspecified atom stereocenters. The Kier molecular flexibility index (Phi) is 7.51. The predicted octanol–water partition coefficient (Wildman–Crippen LogP) is 3.93. The molecule has 0 bridgehead atoms. The number of piperidine rings is 1. The van der Waals surface area contributed by atoms with E-state index < -0.39 is 0 Å². The average molecular weight is 466 g/mol. The van der Waals surface area contributed by atoms with Crippen molar-refractivity contribution in [3.63, 3.8) is 0 Å². The van der Waals surface area contributed by atoms with Gasteiger partial charge in [-0.2, -0.15) is 0 Å². The maximum Gasteiger partial charge on any atom is 0.317 e. The van der Waals surface area contributed by atoms with E-state index in [1.165, 1.54) is 16.9 Å². The van der Waals surface area contributed by atoms with Crippen LogP contribution < -0.4 is 15.4 Å². The molecule has 33 heavy (non-hydrogen) atoms. The van der Waals surface area contributed by atoms with Crippen LogP contribution in [0.15, 0.2) is 54.6 Å². The number of ether oxygens (including phenoxy) is 1. The highest BCUT2D eigenvalue weighted by Crippen LogP contribution is 2.29. The van der Waals surface area contributed by atoms with Crippen LogP contribution >= 0.6 is 11.3 Å². The zero-order valence-corrected chi connectivity index (χ0v) is 19.3. The summed E-state index contributed by atoms with van der Waals surface area (Å²) < 4.78 is 5.13. The number of benzene rings is 2. The number of aromatic nitrogens is 2. The Bertz CT molecular complexity index is 1070. The van der Waals surface area contributed by atoms with Crippen molar-refractivity contribution in [2.75, 3.05) is 32.1 Å². The monoisotopic (exact) mass is 465 g/mol. The zero-order valence-electron chi connectivity index (χ0n) is 18.5. The van der Waals surface area contributed by atoms with Crippen LogP contribution in [0.3, 0.4) is 0 Å². The molecule has 2 aromatic carbocycles. The van der Waals surface area contributed by atoms with Crippen LogP contribution in [0.1, 0.15) is 39.1 Å². The molecular formula is C24H27N5O3S. The summed E-state index contributed by atoms with van der Waals surface area (Å²) in [5.41, 5.74) is 1.86. The highest BCUT2D eigenvalue weighted by atomic mass is 32.1. The van der Waals surface area contributed by atoms with Crippen molar-refractivity contribution < 1.29 is 14.3 Å². The molecule has 0 saturated carbocycles. The Morgan fingerprint density at radius 2 is 1.91 bits per heavy atom. The summed E-state index contributed by atoms with van der Waals surface area (Å²) in [6, 6.07) is 17.1. The SMILES string of the molecule is COc1ccc(NC(=O)c2nnc(C3CCCN(C(=O)NCCc4ccccc4)C3)s2)cc1. The number of hydrogen-bond acceptors (Lipinski definition) is 6. The first kappa shape index (κ1) is 22.7. The van der Waals surface area contributed by atoms with Crippen LogP contribution in [0, 0.1) is 0 Å². The third-order valence-electron chi connectivity index (χ3n) is 5.57. The number of urea groups is 1. The molecule has 0 aliphatic carbocycles. The minimum atomic E-state index is -0.296. The van der Waals surface area contributed by atoms with Gasteiger partial charge in [0, 0.05) is 31.2 Å². The summed E-state index contributed by atoms with van der Waals surface area (Å²) in [4.78, 5) is 27.0. The topological polar surface area (TPSA) is 96.4 Å². The molecule has 9 heteroatoms. The van der Waals surface area contributed by atoms with Gasteiger partial charge in [-0.25, -0.2) is 4.79 Å². The number of carbonyl (C=O) groups excluding carboxylic acids is 2. The van der Waals surface area contributed by atoms with E-state index in [1.54, 1.807) is 31.4 Å². The number of methoxy groups -OCH3 is 1. The molecule has 2 N–H and O–H groups in total. The molecule has 1 aliphatic rings. The van der Waals surface area contributed by atoms with Gasteiger partial charge in [0.15, 0.2) is 0 Å². The van der Waals surface area contributed by atoms with Gasteiger partial charge in [0.1, 0.15) is 10.8 Å². The van der Waals surface area contributed by atoms with Crippen molar-refractivity contribution in [1.29, 1.82) is 0 Å². The lowest BCUT2D eigenvalue weighted by atomic mass is 9.99. The van der Waals surface area contributed by atoms with Crippen LogP contribution in [0.4, 0.5) is 10.5 Å². The van der Waals surface area contributed by atoms with Crippen LogP contribution in [0.25, 0.3) is 0 Å². The van der Waals surface area contributed by atoms with E-state index in [9.17, 15) is 9.59 Å². The third-order valence-corrected chi connectivity index (χ3v) is 6.66. The van der Waals surface area contributed by atoms with Crippen molar-refractivity contribution in [2.24, 2.45) is 0 Å². The van der Waals surface area contributed by atoms with Gasteiger partial charge in [-0.05, 0) is 49.1 Å². The normalized spacial score (nSPS) is 15.7. The molecule has 3 amide bonds. The minimum absolute atomic E-state index is 0.0578. The molecular weight excluding hydrogens is 438 g/mol. The smallest absolute Gasteiger partial charge is 0.317 e. The Morgan fingerprint density at radius 1 is 1.12 bits per heavy atom. The van der Waals surface area contributed by atoms with Gasteiger partial charge in [-0.15, -0.1) is 10.2 Å². The van der Waals surface area contributed by atoms with Gasteiger partial charge < -0.3 is 20.3 Å². The van der Waals surface area contributed by atoms with Crippen molar-refractivity contribution >= 4 is 29.0 Å². The van der Waals surface area contributed by atoms with Gasteiger partial charge >= 0.3 is 6.03 Å². The Hall–Kier alpha value is -3.46. The van der Waals surface area contributed by atoms with Crippen molar-refractivity contribution in [2.45, 2.75) is 25.2 Å². The summed E-state index contributed by atoms with van der Waals surface area (Å²) in [7, 11) is 1.59. The Morgan fingerprint density at radius 3 is 2.67 bits per heavy atom. The van der Waals surface area contributed by atoms with Gasteiger partial charge in [0.05, 0.1) is 7.11 Å². The quantitative estimate of drug-likeness (QED) is 0.551. The molecule has 1 saturated heterocycles. The summed E-state index contributed by atoms with van der Waals surface area (Å²) in [6.45, 7) is 1.89. The third kappa shape index (κ3) is 6.07. The lowest BCUT2D eigenvalue weighted by Crippen LogP contribution is -2.45. The maximum atomic E-state index is 12.6. The highest BCUT2D eigenvalue weighted by Gasteiger charge is 2.28. The largest absolute Gasteiger partial charge is 0.497 e. The fraction of sp³-hybridized carbons (Fsp3) is 0.333. The fourth-order valence-corrected chi connectivity index (χ4v) is 4.65. The average Bonchev–Trinajstić information content (AvgIpc) is 3.36. The molecule has 172 valence electrons. The van der Waals surface area contributed by atoms with E-state index in [4.69, 9.17) is 4.74 Å². The maximum absolute atomic E-state index is 12.6. The molecule has 4 rings (SSSR count). The zero-order chi connectivity index (χ0) is 23.0. The van der Waals surface area contributed by atoms with E-state index in [1.807, 2.05) is 23.1 Å². The highest BCUT2D eigenvalue weighted by molar-refractivity contribution is 7.13. The van der Waals surface area contributed by atoms with E-state index in [-0.39, 0.29) is 17.9 Å². The summed E-state index contributed by atoms with van der Waals surface area (Å²) in [5, 5.41) is 15.3. The molecule has 1 fully saturated rings. The van der Waals surface area contributed by atoms with Crippen LogP contribution in [0.2, 0.25) is 0 Å². The molecule has 2 heterocycles. The standard InChI is InChI=1S/C24H27N5O3S/c1-32-20-11-9-19(10-12-20)26-21(30)23-28-27-22(33-23)18-8-5-15-29(16-18)24(31)25-14-13-17-6-3-2-4-7-17/h2-4,6-7,9-12,18H,5,8,13-16H2,1H3,(H,25,31)(H,26,30). The van der Waals surface area contributed by atoms with E-state index >= 15 is 0 Å². The lowest BCUT2D eigenvalue weighted by Gasteiger charge is -2.31. The van der Waals surface area contributed by atoms with Crippen molar-refractivity contribution in [1.82, 2.24) is 20.4 Å². The molecule has 0 spiro atoms. The second-order valence-corrected chi connectivity index (χ2v) is 8.89. The molecule has 1 aromatic heterocycles. The molecule has 3 aromatic rings. The lowest BCUT2D eigenvalue weighted by molar-refractivity contribution is 0.102. The summed E-state index contributed by atoms with van der Waals surface area (Å²) in [6.07, 6.45) is 2.61. The fourth-order valence-electron chi connectivity index (χ4n) is 3.78. The van der Waals surface area contributed by atoms with Gasteiger partial charge in [0.25, 0.3) is 5.91 Å². The van der Waals surface area contributed by atoms with Gasteiger partial charge in [-0.3, -0.25) is 4.79 Å². The van der Waals surface area contributed by atoms with E-state index in [2.05, 4.69) is 33.0 Å². The van der Waals surface area contributed by atoms with E-state index in [0.29, 0.717) is 23.8 Å². The first-order chi connectivity index (χ1) is 16.1. The number of nitrogens with one attached hydrogen (secondary N) is 2. The second-order valence-electron chi connectivity index (χ2n) is 7.88. The number of carbonyl (C=O) groups is 2. The number of anilines is 1. The number of rotatable bonds is 7. The number of likely N-dealkylation sites (tertiary alicyclic amines) is 1. The van der Waals surface area contributed by atoms with Crippen LogP contribution in [-0.2, 0) is 6.42 Å². The number of hydrogen-bond donors (Lipinski definition) is 2. The second kappa shape index (κ2) is 10.9. The minimum Gasteiger partial charge on any atom is -0.497 e. The first-order valence-electron chi connectivity index (χ1n) is 11.0. The summed E-state index contributed by atoms with van der Waals surface area (Å²) >= 11 is 1.29. The molecule has 1 aliphatic heterocycles. The molecule has 8 nitrogen and oxygen atoms in total. The first-order valence-corrected chi connectivity index (χ1v) is 11.8. The Balaban J connectivity index is 1.29. The number of amides is 3. The molecule has 0 radical (unpaired) electrons. The summed E-state index contributed by atoms with van der Waals surface area (Å²) in [5.74, 6) is 0.506. The molecule has 1 atom stereocenters. The van der Waals surface area contributed by atoms with Crippen molar-refractivity contribution in [3.05, 3.63) is 70.2 Å². The predicted molar refractivity (Wildman–Crippen MR) is 128 cm³/mol. The van der Waals surface area contributed by atoms with E-state index in [0.717, 1.165) is 36.6 Å². The number of nitrogens with zero attached hydrogens (tertiary/aromatic N) is 3. The van der Waals surface area contributed by atoms with Crippen LogP contribution in [-0.4, -0.2) is 53.8 Å². The Labute approximate surface area is 197 Å². The van der Waals surface area contributed by atoms with Crippen LogP contribution in [0.5, 0.6) is 5.75 Å². The van der Waals surface area contributed by atoms with Crippen molar-refractivity contribution in [3.8, 4) is 5.75 Å². The van der Waals surface area contributed by atoms with Gasteiger partial charge in [0.2, 0.25) is 5.01 Å².